The van der Waals surface area contributed by atoms with Gasteiger partial charge in [0, 0.05) is 41.4 Å². The maximum atomic E-state index is 12.3. The van der Waals surface area contributed by atoms with Crippen LogP contribution in [-0.2, 0) is 22.5 Å². The van der Waals surface area contributed by atoms with E-state index in [2.05, 4.69) is 36.1 Å². The first-order valence-electron chi connectivity index (χ1n) is 11.8. The highest BCUT2D eigenvalue weighted by atomic mass is 35.5. The van der Waals surface area contributed by atoms with Gasteiger partial charge in [-0.3, -0.25) is 4.79 Å². The van der Waals surface area contributed by atoms with E-state index in [-0.39, 0.29) is 17.6 Å². The zero-order chi connectivity index (χ0) is 24.7. The van der Waals surface area contributed by atoms with Crippen molar-refractivity contribution in [3.63, 3.8) is 0 Å². The van der Waals surface area contributed by atoms with Crippen molar-refractivity contribution in [3.05, 3.63) is 57.5 Å². The van der Waals surface area contributed by atoms with Gasteiger partial charge in [0.15, 0.2) is 0 Å². The quantitative estimate of drug-likeness (QED) is 0.460. The molecule has 2 saturated heterocycles. The molecule has 7 nitrogen and oxygen atoms in total. The second kappa shape index (κ2) is 9.50. The van der Waals surface area contributed by atoms with Crippen molar-refractivity contribution in [2.45, 2.75) is 58.3 Å². The Morgan fingerprint density at radius 1 is 1.31 bits per heavy atom. The van der Waals surface area contributed by atoms with Crippen molar-refractivity contribution < 1.29 is 14.6 Å². The van der Waals surface area contributed by atoms with Crippen molar-refractivity contribution in [2.75, 3.05) is 13.1 Å². The molecule has 35 heavy (non-hydrogen) atoms. The van der Waals surface area contributed by atoms with Gasteiger partial charge in [0.1, 0.15) is 6.33 Å². The Balaban J connectivity index is 1.53. The minimum atomic E-state index is -0.219. The fourth-order valence-corrected chi connectivity index (χ4v) is 6.36. The second-order valence-electron chi connectivity index (χ2n) is 9.83. The third-order valence-corrected chi connectivity index (χ3v) is 7.94. The Hall–Kier alpha value is -2.52. The van der Waals surface area contributed by atoms with Crippen molar-refractivity contribution in [3.8, 4) is 11.3 Å². The lowest BCUT2D eigenvalue weighted by molar-refractivity contribution is -0.127. The number of morpholine rings is 1. The van der Waals surface area contributed by atoms with Crippen LogP contribution in [0.5, 0.6) is 0 Å². The standard InChI is InChI=1S/C26H29ClN4O3S/c1-15-6-16(27)7-21(20(15)8-18-10-28-13-26(2,3)34-18)24-25-22(29-14-30-24)9-19(35-25)11-31-17(12-32)4-5-23(31)33/h6-7,9,12,14,18,28,32H,4-5,8,10-11,13H2,1-3H3/b17-12+. The number of nitrogens with zero attached hydrogens (tertiary/aromatic N) is 3. The first-order chi connectivity index (χ1) is 16.7. The molecule has 2 aliphatic heterocycles. The number of thiophene rings is 1. The van der Waals surface area contributed by atoms with Crippen LogP contribution in [0, 0.1) is 6.92 Å². The lowest BCUT2D eigenvalue weighted by atomic mass is 9.93. The number of aliphatic hydroxyl groups excluding tert-OH is 1. The molecule has 2 aliphatic rings. The SMILES string of the molecule is Cc1cc(Cl)cc(-c2ncnc3cc(CN4C(=O)CC/C4=C\O)sc23)c1CC1CNCC(C)(C)O1. The highest BCUT2D eigenvalue weighted by molar-refractivity contribution is 7.19. The third kappa shape index (κ3) is 4.93. The number of carbonyl (C=O) groups excluding carboxylic acids is 1. The summed E-state index contributed by atoms with van der Waals surface area (Å²) in [5.74, 6) is 0.0193. The predicted molar refractivity (Wildman–Crippen MR) is 139 cm³/mol. The van der Waals surface area contributed by atoms with Crippen LogP contribution in [0.3, 0.4) is 0 Å². The largest absolute Gasteiger partial charge is 0.514 e. The molecule has 1 aromatic carbocycles. The van der Waals surface area contributed by atoms with E-state index >= 15 is 0 Å². The summed E-state index contributed by atoms with van der Waals surface area (Å²) in [6.07, 6.45) is 4.38. The highest BCUT2D eigenvalue weighted by Gasteiger charge is 2.30. The molecule has 2 N–H and O–H groups in total. The summed E-state index contributed by atoms with van der Waals surface area (Å²) in [5.41, 5.74) is 5.34. The van der Waals surface area contributed by atoms with Gasteiger partial charge in [-0.05, 0) is 56.5 Å². The van der Waals surface area contributed by atoms with Gasteiger partial charge in [0.25, 0.3) is 0 Å². The predicted octanol–water partition coefficient (Wildman–Crippen LogP) is 5.15. The number of benzene rings is 1. The summed E-state index contributed by atoms with van der Waals surface area (Å²) in [4.78, 5) is 24.1. The molecule has 5 rings (SSSR count). The normalized spacial score (nSPS) is 21.4. The summed E-state index contributed by atoms with van der Waals surface area (Å²) in [7, 11) is 0. The zero-order valence-corrected chi connectivity index (χ0v) is 21.7. The summed E-state index contributed by atoms with van der Waals surface area (Å²) >= 11 is 8.09. The molecule has 1 atom stereocenters. The smallest absolute Gasteiger partial charge is 0.227 e. The van der Waals surface area contributed by atoms with E-state index < -0.39 is 0 Å². The van der Waals surface area contributed by atoms with E-state index in [9.17, 15) is 9.90 Å². The fourth-order valence-electron chi connectivity index (χ4n) is 4.98. The van der Waals surface area contributed by atoms with Crippen molar-refractivity contribution in [2.24, 2.45) is 0 Å². The molecule has 4 heterocycles. The first kappa shape index (κ1) is 24.2. The van der Waals surface area contributed by atoms with Crippen LogP contribution < -0.4 is 5.32 Å². The Bertz CT molecular complexity index is 1320. The molecule has 1 amide bonds. The van der Waals surface area contributed by atoms with Crippen LogP contribution in [-0.4, -0.2) is 50.7 Å². The molecule has 2 aromatic heterocycles. The maximum Gasteiger partial charge on any atom is 0.227 e. The fraction of sp³-hybridized carbons (Fsp3) is 0.423. The van der Waals surface area contributed by atoms with Crippen molar-refractivity contribution in [1.29, 1.82) is 0 Å². The summed E-state index contributed by atoms with van der Waals surface area (Å²) in [5, 5.41) is 13.7. The number of hydrogen-bond donors (Lipinski definition) is 2. The summed E-state index contributed by atoms with van der Waals surface area (Å²) in [6, 6.07) is 5.96. The van der Waals surface area contributed by atoms with E-state index in [4.69, 9.17) is 16.3 Å². The Kier molecular flexibility index (Phi) is 6.57. The monoisotopic (exact) mass is 512 g/mol. The number of aromatic nitrogens is 2. The summed E-state index contributed by atoms with van der Waals surface area (Å²) < 4.78 is 7.32. The van der Waals surface area contributed by atoms with Gasteiger partial charge in [-0.1, -0.05) is 11.6 Å². The van der Waals surface area contributed by atoms with Gasteiger partial charge in [0.2, 0.25) is 5.91 Å². The lowest BCUT2D eigenvalue weighted by Gasteiger charge is -2.37. The van der Waals surface area contributed by atoms with Crippen LogP contribution in [0.2, 0.25) is 5.02 Å². The molecule has 0 bridgehead atoms. The number of aliphatic hydroxyl groups is 1. The Labute approximate surface area is 213 Å². The number of rotatable bonds is 5. The molecule has 184 valence electrons. The molecular weight excluding hydrogens is 484 g/mol. The zero-order valence-electron chi connectivity index (χ0n) is 20.1. The number of aryl methyl sites for hydroxylation is 1. The number of fused-ring (bicyclic) bond motifs is 1. The Morgan fingerprint density at radius 3 is 2.91 bits per heavy atom. The Morgan fingerprint density at radius 2 is 2.14 bits per heavy atom. The minimum Gasteiger partial charge on any atom is -0.514 e. The lowest BCUT2D eigenvalue weighted by Crippen LogP contribution is -2.51. The molecule has 0 radical (unpaired) electrons. The maximum absolute atomic E-state index is 12.3. The molecule has 0 spiro atoms. The number of allylic oxidation sites excluding steroid dienone is 1. The van der Waals surface area contributed by atoms with Crippen LogP contribution in [0.4, 0.5) is 0 Å². The number of hydrogen-bond acceptors (Lipinski definition) is 7. The molecule has 3 aromatic rings. The number of carbonyl (C=O) groups is 1. The van der Waals surface area contributed by atoms with E-state index in [1.54, 1.807) is 22.6 Å². The number of halogens is 1. The van der Waals surface area contributed by atoms with Crippen LogP contribution >= 0.6 is 22.9 Å². The van der Waals surface area contributed by atoms with Gasteiger partial charge in [-0.15, -0.1) is 11.3 Å². The number of amides is 1. The molecule has 9 heteroatoms. The molecule has 1 unspecified atom stereocenters. The third-order valence-electron chi connectivity index (χ3n) is 6.60. The first-order valence-corrected chi connectivity index (χ1v) is 13.0. The summed E-state index contributed by atoms with van der Waals surface area (Å²) in [6.45, 7) is 8.30. The van der Waals surface area contributed by atoms with Gasteiger partial charge in [-0.25, -0.2) is 9.97 Å². The highest BCUT2D eigenvalue weighted by Crippen LogP contribution is 2.38. The van der Waals surface area contributed by atoms with Crippen molar-refractivity contribution in [1.82, 2.24) is 20.2 Å². The topological polar surface area (TPSA) is 87.6 Å². The van der Waals surface area contributed by atoms with Gasteiger partial charge < -0.3 is 20.1 Å². The van der Waals surface area contributed by atoms with Crippen LogP contribution in [0.15, 0.2) is 36.5 Å². The number of nitrogens with one attached hydrogen (secondary N) is 1. The van der Waals surface area contributed by atoms with Crippen LogP contribution in [0.25, 0.3) is 21.5 Å². The van der Waals surface area contributed by atoms with Gasteiger partial charge in [0.05, 0.1) is 46.1 Å². The van der Waals surface area contributed by atoms with E-state index in [0.29, 0.717) is 30.1 Å². The average Bonchev–Trinajstić information content (AvgIpc) is 3.37. The molecule has 2 fully saturated rings. The van der Waals surface area contributed by atoms with E-state index in [0.717, 1.165) is 63.3 Å². The number of likely N-dealkylation sites (tertiary alicyclic amines) is 1. The van der Waals surface area contributed by atoms with Crippen molar-refractivity contribution >= 4 is 39.1 Å². The van der Waals surface area contributed by atoms with Crippen LogP contribution in [0.1, 0.15) is 42.7 Å². The van der Waals surface area contributed by atoms with Gasteiger partial charge >= 0.3 is 0 Å². The molecule has 0 saturated carbocycles. The van der Waals surface area contributed by atoms with E-state index in [1.165, 1.54) is 0 Å². The van der Waals surface area contributed by atoms with Gasteiger partial charge in [-0.2, -0.15) is 0 Å². The second-order valence-corrected chi connectivity index (χ2v) is 11.4. The molecular formula is C26H29ClN4O3S. The number of ether oxygens (including phenoxy) is 1. The van der Waals surface area contributed by atoms with E-state index in [1.807, 2.05) is 18.2 Å². The molecule has 0 aliphatic carbocycles. The average molecular weight is 513 g/mol. The minimum absolute atomic E-state index is 0.0193.